The van der Waals surface area contributed by atoms with Gasteiger partial charge < -0.3 is 14.2 Å². The van der Waals surface area contributed by atoms with Crippen molar-refractivity contribution < 1.29 is 9.53 Å². The highest BCUT2D eigenvalue weighted by molar-refractivity contribution is 6.32. The van der Waals surface area contributed by atoms with E-state index < -0.39 is 0 Å². The molecule has 0 unspecified atom stereocenters. The Bertz CT molecular complexity index is 672. The average Bonchev–Trinajstić information content (AvgIpc) is 3.07. The van der Waals surface area contributed by atoms with Gasteiger partial charge in [0.05, 0.1) is 18.5 Å². The first-order valence-electron chi connectivity index (χ1n) is 7.76. The molecule has 0 N–H and O–H groups in total. The minimum Gasteiger partial charge on any atom is -0.495 e. The third-order valence-electron chi connectivity index (χ3n) is 4.23. The van der Waals surface area contributed by atoms with Gasteiger partial charge in [0.2, 0.25) is 0 Å². The molecular formula is C17H20ClN3O2. The van der Waals surface area contributed by atoms with Gasteiger partial charge in [0, 0.05) is 37.6 Å². The lowest BCUT2D eigenvalue weighted by molar-refractivity contribution is 0.0662. The van der Waals surface area contributed by atoms with Crippen molar-refractivity contribution in [3.8, 4) is 5.75 Å². The minimum atomic E-state index is 0.0323. The van der Waals surface area contributed by atoms with Gasteiger partial charge in [-0.1, -0.05) is 11.6 Å². The molecule has 6 heteroatoms. The Kier molecular flexibility index (Phi) is 4.86. The van der Waals surface area contributed by atoms with Crippen molar-refractivity contribution in [1.82, 2.24) is 14.5 Å². The number of likely N-dealkylation sites (tertiary alicyclic amines) is 1. The molecule has 5 nitrogen and oxygen atoms in total. The van der Waals surface area contributed by atoms with Crippen LogP contribution in [0.25, 0.3) is 0 Å². The molecule has 1 aliphatic heterocycles. The number of halogens is 1. The van der Waals surface area contributed by atoms with Crippen molar-refractivity contribution in [2.75, 3.05) is 20.2 Å². The molecule has 2 aromatic rings. The largest absolute Gasteiger partial charge is 0.495 e. The third kappa shape index (κ3) is 3.67. The van der Waals surface area contributed by atoms with Crippen LogP contribution in [0.1, 0.15) is 23.2 Å². The molecule has 122 valence electrons. The Hall–Kier alpha value is -2.01. The number of benzene rings is 1. The summed E-state index contributed by atoms with van der Waals surface area (Å²) < 4.78 is 7.21. The first kappa shape index (κ1) is 15.9. The van der Waals surface area contributed by atoms with E-state index in [1.165, 1.54) is 0 Å². The van der Waals surface area contributed by atoms with E-state index in [4.69, 9.17) is 16.3 Å². The first-order chi connectivity index (χ1) is 11.2. The van der Waals surface area contributed by atoms with E-state index in [1.807, 2.05) is 17.4 Å². The summed E-state index contributed by atoms with van der Waals surface area (Å²) in [5.41, 5.74) is 0.610. The molecule has 3 rings (SSSR count). The predicted molar refractivity (Wildman–Crippen MR) is 88.9 cm³/mol. The predicted octanol–water partition coefficient (Wildman–Crippen LogP) is 3.10. The summed E-state index contributed by atoms with van der Waals surface area (Å²) >= 11 is 6.13. The molecule has 1 fully saturated rings. The highest BCUT2D eigenvalue weighted by atomic mass is 35.5. The van der Waals surface area contributed by atoms with E-state index in [1.54, 1.807) is 31.5 Å². The SMILES string of the molecule is COc1ccc(C(=O)N2CCC[C@@H](Cn3ccnc3)C2)cc1Cl. The highest BCUT2D eigenvalue weighted by Crippen LogP contribution is 2.27. The van der Waals surface area contributed by atoms with Crippen LogP contribution in [-0.2, 0) is 6.54 Å². The molecule has 0 spiro atoms. The summed E-state index contributed by atoms with van der Waals surface area (Å²) in [6.45, 7) is 2.46. The average molecular weight is 334 g/mol. The molecule has 0 aliphatic carbocycles. The number of nitrogens with zero attached hydrogens (tertiary/aromatic N) is 3. The second-order valence-corrected chi connectivity index (χ2v) is 6.28. The summed E-state index contributed by atoms with van der Waals surface area (Å²) in [5, 5.41) is 0.463. The van der Waals surface area contributed by atoms with Crippen LogP contribution in [0.5, 0.6) is 5.75 Å². The van der Waals surface area contributed by atoms with Crippen LogP contribution < -0.4 is 4.74 Å². The number of carbonyl (C=O) groups excluding carboxylic acids is 1. The normalized spacial score (nSPS) is 18.0. The topological polar surface area (TPSA) is 47.4 Å². The highest BCUT2D eigenvalue weighted by Gasteiger charge is 2.25. The summed E-state index contributed by atoms with van der Waals surface area (Å²) in [4.78, 5) is 18.7. The Morgan fingerprint density at radius 3 is 3.04 bits per heavy atom. The maximum Gasteiger partial charge on any atom is 0.253 e. The van der Waals surface area contributed by atoms with Crippen molar-refractivity contribution in [3.63, 3.8) is 0 Å². The number of imidazole rings is 1. The lowest BCUT2D eigenvalue weighted by Gasteiger charge is -2.33. The number of methoxy groups -OCH3 is 1. The number of hydrogen-bond acceptors (Lipinski definition) is 3. The molecule has 0 radical (unpaired) electrons. The van der Waals surface area contributed by atoms with Crippen LogP contribution in [0.15, 0.2) is 36.9 Å². The van der Waals surface area contributed by atoms with Gasteiger partial charge in [-0.25, -0.2) is 4.98 Å². The second-order valence-electron chi connectivity index (χ2n) is 5.87. The fraction of sp³-hybridized carbons (Fsp3) is 0.412. The Morgan fingerprint density at radius 2 is 2.35 bits per heavy atom. The zero-order valence-electron chi connectivity index (χ0n) is 13.1. The molecule has 1 amide bonds. The maximum absolute atomic E-state index is 12.7. The van der Waals surface area contributed by atoms with Crippen molar-refractivity contribution >= 4 is 17.5 Å². The van der Waals surface area contributed by atoms with Crippen LogP contribution in [0.2, 0.25) is 5.02 Å². The molecule has 1 aromatic heterocycles. The molecule has 0 bridgehead atoms. The second kappa shape index (κ2) is 7.04. The fourth-order valence-corrected chi connectivity index (χ4v) is 3.33. The van der Waals surface area contributed by atoms with Crippen molar-refractivity contribution in [2.45, 2.75) is 19.4 Å². The van der Waals surface area contributed by atoms with Crippen LogP contribution in [0, 0.1) is 5.92 Å². The molecule has 0 saturated carbocycles. The summed E-state index contributed by atoms with van der Waals surface area (Å²) in [6.07, 6.45) is 7.72. The number of amides is 1. The van der Waals surface area contributed by atoms with Crippen LogP contribution in [-0.4, -0.2) is 40.6 Å². The molecule has 1 aromatic carbocycles. The van der Waals surface area contributed by atoms with E-state index in [0.29, 0.717) is 22.3 Å². The van der Waals surface area contributed by atoms with Crippen molar-refractivity contribution in [3.05, 3.63) is 47.5 Å². The van der Waals surface area contributed by atoms with Gasteiger partial charge in [-0.3, -0.25) is 4.79 Å². The standard InChI is InChI=1S/C17H20ClN3O2/c1-23-16-5-4-14(9-15(16)18)17(22)21-7-2-3-13(11-21)10-20-8-6-19-12-20/h4-6,8-9,12-13H,2-3,7,10-11H2,1H3/t13-/m0/s1. The summed E-state index contributed by atoms with van der Waals surface area (Å²) in [7, 11) is 1.56. The molecule has 23 heavy (non-hydrogen) atoms. The van der Waals surface area contributed by atoms with Gasteiger partial charge in [0.1, 0.15) is 5.75 Å². The third-order valence-corrected chi connectivity index (χ3v) is 4.53. The molecule has 1 atom stereocenters. The molecule has 1 aliphatic rings. The van der Waals surface area contributed by atoms with Gasteiger partial charge in [-0.05, 0) is 37.0 Å². The van der Waals surface area contributed by atoms with Gasteiger partial charge in [0.15, 0.2) is 0 Å². The van der Waals surface area contributed by atoms with E-state index in [9.17, 15) is 4.79 Å². The Balaban J connectivity index is 1.68. The zero-order chi connectivity index (χ0) is 16.2. The van der Waals surface area contributed by atoms with Gasteiger partial charge in [-0.2, -0.15) is 0 Å². The van der Waals surface area contributed by atoms with E-state index in [2.05, 4.69) is 9.55 Å². The minimum absolute atomic E-state index is 0.0323. The van der Waals surface area contributed by atoms with Crippen LogP contribution in [0.3, 0.4) is 0 Å². The Labute approximate surface area is 140 Å². The van der Waals surface area contributed by atoms with Gasteiger partial charge in [0.25, 0.3) is 5.91 Å². The molecule has 1 saturated heterocycles. The number of piperidine rings is 1. The number of hydrogen-bond donors (Lipinski definition) is 0. The van der Waals surface area contributed by atoms with E-state index in [-0.39, 0.29) is 5.91 Å². The van der Waals surface area contributed by atoms with Crippen molar-refractivity contribution in [2.24, 2.45) is 5.92 Å². The fourth-order valence-electron chi connectivity index (χ4n) is 3.07. The first-order valence-corrected chi connectivity index (χ1v) is 8.13. The number of ether oxygens (including phenoxy) is 1. The molecule has 2 heterocycles. The summed E-state index contributed by atoms with van der Waals surface area (Å²) in [6, 6.07) is 5.19. The zero-order valence-corrected chi connectivity index (χ0v) is 13.9. The van der Waals surface area contributed by atoms with Gasteiger partial charge in [-0.15, -0.1) is 0 Å². The quantitative estimate of drug-likeness (QED) is 0.863. The number of aromatic nitrogens is 2. The lowest BCUT2D eigenvalue weighted by atomic mass is 9.97. The van der Waals surface area contributed by atoms with Crippen LogP contribution in [0.4, 0.5) is 0 Å². The monoisotopic (exact) mass is 333 g/mol. The maximum atomic E-state index is 12.7. The Morgan fingerprint density at radius 1 is 1.48 bits per heavy atom. The van der Waals surface area contributed by atoms with E-state index >= 15 is 0 Å². The number of rotatable bonds is 4. The van der Waals surface area contributed by atoms with E-state index in [0.717, 1.165) is 32.5 Å². The van der Waals surface area contributed by atoms with Crippen LogP contribution >= 0.6 is 11.6 Å². The van der Waals surface area contributed by atoms with Gasteiger partial charge >= 0.3 is 0 Å². The molecular weight excluding hydrogens is 314 g/mol. The summed E-state index contributed by atoms with van der Waals surface area (Å²) in [5.74, 6) is 1.07. The lowest BCUT2D eigenvalue weighted by Crippen LogP contribution is -2.41. The van der Waals surface area contributed by atoms with Crippen molar-refractivity contribution in [1.29, 1.82) is 0 Å². The number of carbonyl (C=O) groups is 1. The smallest absolute Gasteiger partial charge is 0.253 e.